The molecule has 1 unspecified atom stereocenters. The summed E-state index contributed by atoms with van der Waals surface area (Å²) in [5.74, 6) is -0.0401. The van der Waals surface area contributed by atoms with Gasteiger partial charge in [-0.3, -0.25) is 0 Å². The third-order valence-electron chi connectivity index (χ3n) is 7.11. The lowest BCUT2D eigenvalue weighted by molar-refractivity contribution is 0.235. The third kappa shape index (κ3) is 5.13. The minimum atomic E-state index is -3.98. The Hall–Kier alpha value is -2.52. The van der Waals surface area contributed by atoms with Gasteiger partial charge in [0.2, 0.25) is 20.0 Å². The van der Waals surface area contributed by atoms with Crippen LogP contribution in [-0.4, -0.2) is 44.2 Å². The van der Waals surface area contributed by atoms with Crippen molar-refractivity contribution in [1.82, 2.24) is 8.61 Å². The number of benzene rings is 3. The van der Waals surface area contributed by atoms with Crippen molar-refractivity contribution in [2.24, 2.45) is 5.92 Å². The van der Waals surface area contributed by atoms with Crippen LogP contribution in [-0.2, 0) is 26.5 Å². The van der Waals surface area contributed by atoms with E-state index in [9.17, 15) is 16.8 Å². The van der Waals surface area contributed by atoms with E-state index in [0.29, 0.717) is 0 Å². The molecule has 0 radical (unpaired) electrons. The molecule has 3 aromatic rings. The largest absolute Gasteiger partial charge is 0.244 e. The molecule has 1 heterocycles. The van der Waals surface area contributed by atoms with Crippen molar-refractivity contribution in [3.8, 4) is 0 Å². The quantitative estimate of drug-likeness (QED) is 0.415. The SMILES string of the molecule is CCC(C)[C@H]1CN(S(=O)(=O)c2ccc(C)cc2)[C@@H](Cc2ccccc2)N1S(=O)(=O)c1ccc(C)cc1. The van der Waals surface area contributed by atoms with E-state index in [1.165, 1.54) is 8.61 Å². The molecule has 0 spiro atoms. The van der Waals surface area contributed by atoms with Crippen LogP contribution in [0, 0.1) is 19.8 Å². The van der Waals surface area contributed by atoms with Gasteiger partial charge in [-0.15, -0.1) is 0 Å². The summed E-state index contributed by atoms with van der Waals surface area (Å²) in [6.45, 7) is 7.91. The highest BCUT2D eigenvalue weighted by Crippen LogP contribution is 2.38. The average Bonchev–Trinajstić information content (AvgIpc) is 3.25. The molecule has 192 valence electrons. The smallest absolute Gasteiger partial charge is 0.207 e. The molecule has 1 aliphatic heterocycles. The molecule has 8 heteroatoms. The predicted octanol–water partition coefficient (Wildman–Crippen LogP) is 4.98. The number of nitrogens with zero attached hydrogens (tertiary/aromatic N) is 2. The fourth-order valence-corrected chi connectivity index (χ4v) is 8.25. The first kappa shape index (κ1) is 26.5. The standard InChI is InChI=1S/C28H34N2O4S2/c1-5-23(4)27-20-29(35(31,32)25-15-11-21(2)12-16-25)28(19-24-9-7-6-8-10-24)30(27)36(33,34)26-17-13-22(3)14-18-26/h6-18,23,27-28H,5,19-20H2,1-4H3/t23?,27-,28-/m1/s1. The highest BCUT2D eigenvalue weighted by molar-refractivity contribution is 7.90. The summed E-state index contributed by atoms with van der Waals surface area (Å²) in [4.78, 5) is 0.345. The van der Waals surface area contributed by atoms with Gasteiger partial charge in [0.1, 0.15) is 0 Å². The summed E-state index contributed by atoms with van der Waals surface area (Å²) in [5, 5.41) is 0. The van der Waals surface area contributed by atoms with Crippen LogP contribution in [0.3, 0.4) is 0 Å². The molecule has 1 saturated heterocycles. The Morgan fingerprint density at radius 3 is 1.78 bits per heavy atom. The Bertz CT molecular complexity index is 1390. The summed E-state index contributed by atoms with van der Waals surface area (Å²) < 4.78 is 59.1. The maximum absolute atomic E-state index is 14.1. The van der Waals surface area contributed by atoms with E-state index in [4.69, 9.17) is 0 Å². The predicted molar refractivity (Wildman–Crippen MR) is 142 cm³/mol. The van der Waals surface area contributed by atoms with E-state index in [1.807, 2.05) is 58.0 Å². The second-order valence-corrected chi connectivity index (χ2v) is 13.4. The van der Waals surface area contributed by atoms with Crippen molar-refractivity contribution >= 4 is 20.0 Å². The highest BCUT2D eigenvalue weighted by Gasteiger charge is 2.52. The zero-order valence-corrected chi connectivity index (χ0v) is 22.8. The molecular formula is C28H34N2O4S2. The number of hydrogen-bond acceptors (Lipinski definition) is 4. The van der Waals surface area contributed by atoms with Gasteiger partial charge in [-0.1, -0.05) is 86.0 Å². The lowest BCUT2D eigenvalue weighted by atomic mass is 10.0. The number of hydrogen-bond donors (Lipinski definition) is 0. The zero-order chi connectivity index (χ0) is 26.1. The maximum atomic E-state index is 14.1. The molecule has 3 aromatic carbocycles. The average molecular weight is 527 g/mol. The van der Waals surface area contributed by atoms with Gasteiger partial charge in [-0.2, -0.15) is 8.61 Å². The Balaban J connectivity index is 1.88. The first-order chi connectivity index (χ1) is 17.1. The van der Waals surface area contributed by atoms with Crippen molar-refractivity contribution in [1.29, 1.82) is 0 Å². The van der Waals surface area contributed by atoms with Crippen LogP contribution in [0.5, 0.6) is 0 Å². The normalized spacial score (nSPS) is 20.4. The van der Waals surface area contributed by atoms with Crippen molar-refractivity contribution in [2.45, 2.75) is 62.5 Å². The monoisotopic (exact) mass is 526 g/mol. The van der Waals surface area contributed by atoms with Crippen LogP contribution in [0.4, 0.5) is 0 Å². The van der Waals surface area contributed by atoms with Crippen molar-refractivity contribution in [3.05, 3.63) is 95.6 Å². The molecule has 4 rings (SSSR count). The molecule has 0 saturated carbocycles. The van der Waals surface area contributed by atoms with E-state index >= 15 is 0 Å². The van der Waals surface area contributed by atoms with Crippen LogP contribution in [0.2, 0.25) is 0 Å². The molecular weight excluding hydrogens is 492 g/mol. The van der Waals surface area contributed by atoms with Gasteiger partial charge in [0.15, 0.2) is 0 Å². The minimum absolute atomic E-state index is 0.0401. The van der Waals surface area contributed by atoms with E-state index in [2.05, 4.69) is 0 Å². The van der Waals surface area contributed by atoms with E-state index < -0.39 is 32.3 Å². The van der Waals surface area contributed by atoms with Gasteiger partial charge in [-0.05, 0) is 49.6 Å². The van der Waals surface area contributed by atoms with E-state index in [-0.39, 0.29) is 28.7 Å². The van der Waals surface area contributed by atoms with Crippen molar-refractivity contribution in [2.75, 3.05) is 6.54 Å². The molecule has 36 heavy (non-hydrogen) atoms. The van der Waals surface area contributed by atoms with Crippen molar-refractivity contribution in [3.63, 3.8) is 0 Å². The number of rotatable bonds is 8. The minimum Gasteiger partial charge on any atom is -0.207 e. The Kier molecular flexibility index (Phi) is 7.71. The lowest BCUT2D eigenvalue weighted by Crippen LogP contribution is -2.48. The first-order valence-corrected chi connectivity index (χ1v) is 15.2. The molecule has 0 amide bonds. The Labute approximate surface area is 215 Å². The summed E-state index contributed by atoms with van der Waals surface area (Å²) in [7, 11) is -7.94. The number of aryl methyl sites for hydroxylation is 2. The van der Waals surface area contributed by atoms with Crippen LogP contribution < -0.4 is 0 Å². The molecule has 0 aliphatic carbocycles. The summed E-state index contributed by atoms with van der Waals surface area (Å²) >= 11 is 0. The van der Waals surface area contributed by atoms with Gasteiger partial charge in [0.25, 0.3) is 0 Å². The molecule has 1 fully saturated rings. The highest BCUT2D eigenvalue weighted by atomic mass is 32.2. The molecule has 6 nitrogen and oxygen atoms in total. The number of sulfonamides is 2. The van der Waals surface area contributed by atoms with Gasteiger partial charge in [0, 0.05) is 19.0 Å². The fraction of sp³-hybridized carbons (Fsp3) is 0.357. The summed E-state index contributed by atoms with van der Waals surface area (Å²) in [6, 6.07) is 22.5. The zero-order valence-electron chi connectivity index (χ0n) is 21.2. The Morgan fingerprint density at radius 2 is 1.28 bits per heavy atom. The van der Waals surface area contributed by atoms with Gasteiger partial charge in [-0.25, -0.2) is 16.8 Å². The second kappa shape index (κ2) is 10.5. The summed E-state index contributed by atoms with van der Waals surface area (Å²) in [5.41, 5.74) is 2.79. The molecule has 0 bridgehead atoms. The lowest BCUT2D eigenvalue weighted by Gasteiger charge is -2.33. The third-order valence-corrected chi connectivity index (χ3v) is 10.9. The molecule has 0 N–H and O–H groups in total. The fourth-order valence-electron chi connectivity index (χ4n) is 4.73. The van der Waals surface area contributed by atoms with Gasteiger partial charge >= 0.3 is 0 Å². The molecule has 0 aromatic heterocycles. The topological polar surface area (TPSA) is 74.8 Å². The van der Waals surface area contributed by atoms with Crippen molar-refractivity contribution < 1.29 is 16.8 Å². The van der Waals surface area contributed by atoms with Gasteiger partial charge in [0.05, 0.1) is 16.0 Å². The van der Waals surface area contributed by atoms with Gasteiger partial charge < -0.3 is 0 Å². The van der Waals surface area contributed by atoms with E-state index in [0.717, 1.165) is 23.1 Å². The summed E-state index contributed by atoms with van der Waals surface area (Å²) in [6.07, 6.45) is 0.0920. The molecule has 1 aliphatic rings. The Morgan fingerprint density at radius 1 is 0.778 bits per heavy atom. The first-order valence-electron chi connectivity index (χ1n) is 12.3. The second-order valence-electron chi connectivity index (χ2n) is 9.66. The van der Waals surface area contributed by atoms with Crippen LogP contribution in [0.1, 0.15) is 37.0 Å². The van der Waals surface area contributed by atoms with E-state index in [1.54, 1.807) is 48.5 Å². The van der Waals surface area contributed by atoms with Crippen LogP contribution >= 0.6 is 0 Å². The maximum Gasteiger partial charge on any atom is 0.244 e. The molecule has 3 atom stereocenters. The van der Waals surface area contributed by atoms with Crippen LogP contribution in [0.15, 0.2) is 88.7 Å². The van der Waals surface area contributed by atoms with Crippen LogP contribution in [0.25, 0.3) is 0 Å².